The molecule has 2 aliphatic carbocycles. The summed E-state index contributed by atoms with van der Waals surface area (Å²) in [5, 5.41) is 3.54. The zero-order chi connectivity index (χ0) is 6.55. The summed E-state index contributed by atoms with van der Waals surface area (Å²) >= 11 is 0. The predicted molar refractivity (Wildman–Crippen MR) is 40.7 cm³/mol. The molecule has 2 saturated carbocycles. The van der Waals surface area contributed by atoms with E-state index in [0.717, 1.165) is 23.8 Å². The molecule has 0 bridgehead atoms. The average molecular weight is 137 g/mol. The Labute approximate surface area is 62.2 Å². The van der Waals surface area contributed by atoms with Gasteiger partial charge in [-0.3, -0.25) is 0 Å². The van der Waals surface area contributed by atoms with E-state index in [-0.39, 0.29) is 0 Å². The van der Waals surface area contributed by atoms with Crippen molar-refractivity contribution < 1.29 is 0 Å². The number of hydrogen-bond acceptors (Lipinski definition) is 1. The minimum atomic E-state index is 0.977. The first-order valence-electron chi connectivity index (χ1n) is 4.70. The van der Waals surface area contributed by atoms with Gasteiger partial charge < -0.3 is 5.32 Å². The molecule has 1 aliphatic heterocycles. The summed E-state index contributed by atoms with van der Waals surface area (Å²) in [6.45, 7) is 1.34. The van der Waals surface area contributed by atoms with Crippen LogP contribution in [0.25, 0.3) is 0 Å². The van der Waals surface area contributed by atoms with Crippen LogP contribution in [0.15, 0.2) is 0 Å². The molecule has 3 rings (SSSR count). The lowest BCUT2D eigenvalue weighted by atomic mass is 9.52. The van der Waals surface area contributed by atoms with Gasteiger partial charge >= 0.3 is 0 Å². The molecule has 0 spiro atoms. The lowest BCUT2D eigenvalue weighted by molar-refractivity contribution is -0.0779. The van der Waals surface area contributed by atoms with Crippen molar-refractivity contribution in [1.29, 1.82) is 0 Å². The number of piperidine rings is 1. The van der Waals surface area contributed by atoms with Crippen LogP contribution in [0.3, 0.4) is 0 Å². The highest BCUT2D eigenvalue weighted by atomic mass is 15.1. The normalized spacial score (nSPS) is 57.6. The molecule has 0 aromatic carbocycles. The van der Waals surface area contributed by atoms with Crippen molar-refractivity contribution in [2.24, 2.45) is 17.8 Å². The Morgan fingerprint density at radius 1 is 0.900 bits per heavy atom. The zero-order valence-electron chi connectivity index (χ0n) is 6.34. The third kappa shape index (κ3) is 0.493. The van der Waals surface area contributed by atoms with Crippen molar-refractivity contribution in [3.05, 3.63) is 0 Å². The first-order valence-corrected chi connectivity index (χ1v) is 4.70. The van der Waals surface area contributed by atoms with Crippen molar-refractivity contribution in [2.45, 2.75) is 31.7 Å². The van der Waals surface area contributed by atoms with Crippen LogP contribution in [-0.4, -0.2) is 12.6 Å². The summed E-state index contributed by atoms with van der Waals surface area (Å²) < 4.78 is 0. The standard InChI is InChI=1S/C9H15N/c1-2-4-7-6(3-1)8-5-10-9(7)8/h6-10H,1-5H2. The Hall–Kier alpha value is -0.0400. The predicted octanol–water partition coefficient (Wildman–Crippen LogP) is 1.39. The van der Waals surface area contributed by atoms with Crippen molar-refractivity contribution in [3.63, 3.8) is 0 Å². The van der Waals surface area contributed by atoms with Gasteiger partial charge in [-0.15, -0.1) is 0 Å². The fourth-order valence-corrected chi connectivity index (χ4v) is 3.30. The van der Waals surface area contributed by atoms with Crippen molar-refractivity contribution in [2.75, 3.05) is 6.54 Å². The molecule has 1 nitrogen and oxygen atoms in total. The molecular weight excluding hydrogens is 122 g/mol. The van der Waals surface area contributed by atoms with Crippen LogP contribution in [0.5, 0.6) is 0 Å². The Balaban J connectivity index is 1.76. The van der Waals surface area contributed by atoms with Gasteiger partial charge in [0, 0.05) is 12.6 Å². The number of nitrogens with one attached hydrogen (secondary N) is 1. The fourth-order valence-electron chi connectivity index (χ4n) is 3.30. The van der Waals surface area contributed by atoms with Gasteiger partial charge in [-0.1, -0.05) is 12.8 Å². The Morgan fingerprint density at radius 3 is 2.30 bits per heavy atom. The summed E-state index contributed by atoms with van der Waals surface area (Å²) in [5.74, 6) is 3.37. The van der Waals surface area contributed by atoms with E-state index < -0.39 is 0 Å². The molecule has 0 aromatic heterocycles. The maximum absolute atomic E-state index is 3.54. The quantitative estimate of drug-likeness (QED) is 0.532. The van der Waals surface area contributed by atoms with E-state index in [0.29, 0.717) is 0 Å². The van der Waals surface area contributed by atoms with Crippen LogP contribution in [0.4, 0.5) is 0 Å². The second kappa shape index (κ2) is 1.76. The molecule has 0 radical (unpaired) electrons. The van der Waals surface area contributed by atoms with Crippen LogP contribution >= 0.6 is 0 Å². The molecule has 56 valence electrons. The van der Waals surface area contributed by atoms with Gasteiger partial charge in [0.2, 0.25) is 0 Å². The third-order valence-corrected chi connectivity index (χ3v) is 3.94. The fraction of sp³-hybridized carbons (Fsp3) is 1.00. The molecule has 0 amide bonds. The summed E-state index contributed by atoms with van der Waals surface area (Å²) in [7, 11) is 0. The minimum absolute atomic E-state index is 0.977. The van der Waals surface area contributed by atoms with E-state index in [9.17, 15) is 0 Å². The maximum atomic E-state index is 3.54. The topological polar surface area (TPSA) is 12.0 Å². The molecule has 3 aliphatic rings. The van der Waals surface area contributed by atoms with Gasteiger partial charge in [-0.25, -0.2) is 0 Å². The van der Waals surface area contributed by atoms with Gasteiger partial charge in [0.05, 0.1) is 0 Å². The first-order chi connectivity index (χ1) is 4.97. The summed E-state index contributed by atoms with van der Waals surface area (Å²) in [6.07, 6.45) is 6.10. The highest BCUT2D eigenvalue weighted by Gasteiger charge is 2.54. The second-order valence-electron chi connectivity index (χ2n) is 4.21. The van der Waals surface area contributed by atoms with Crippen molar-refractivity contribution in [1.82, 2.24) is 5.32 Å². The average Bonchev–Trinajstić information content (AvgIpc) is 1.90. The highest BCUT2D eigenvalue weighted by Crippen LogP contribution is 2.52. The molecule has 4 unspecified atom stereocenters. The van der Waals surface area contributed by atoms with Crippen LogP contribution in [0.2, 0.25) is 0 Å². The zero-order valence-corrected chi connectivity index (χ0v) is 6.34. The second-order valence-corrected chi connectivity index (χ2v) is 4.21. The van der Waals surface area contributed by atoms with E-state index >= 15 is 0 Å². The van der Waals surface area contributed by atoms with Gasteiger partial charge in [-0.05, 0) is 30.6 Å². The summed E-state index contributed by atoms with van der Waals surface area (Å²) in [5.41, 5.74) is 0. The molecule has 1 heteroatoms. The molecular formula is C9H15N. The smallest absolute Gasteiger partial charge is 0.0141 e. The molecule has 0 aromatic rings. The van der Waals surface area contributed by atoms with Crippen molar-refractivity contribution in [3.8, 4) is 0 Å². The number of rotatable bonds is 0. The van der Waals surface area contributed by atoms with E-state index in [1.165, 1.54) is 25.8 Å². The Morgan fingerprint density at radius 2 is 1.70 bits per heavy atom. The third-order valence-electron chi connectivity index (χ3n) is 3.94. The molecule has 1 saturated heterocycles. The van der Waals surface area contributed by atoms with Gasteiger partial charge in [-0.2, -0.15) is 0 Å². The largest absolute Gasteiger partial charge is 0.313 e. The van der Waals surface area contributed by atoms with E-state index in [2.05, 4.69) is 5.32 Å². The van der Waals surface area contributed by atoms with Gasteiger partial charge in [0.25, 0.3) is 0 Å². The Bertz CT molecular complexity index is 137. The summed E-state index contributed by atoms with van der Waals surface area (Å²) in [4.78, 5) is 0. The van der Waals surface area contributed by atoms with Gasteiger partial charge in [0.15, 0.2) is 0 Å². The lowest BCUT2D eigenvalue weighted by Gasteiger charge is -2.62. The molecule has 1 N–H and O–H groups in total. The van der Waals surface area contributed by atoms with Crippen molar-refractivity contribution >= 4 is 0 Å². The molecule has 10 heavy (non-hydrogen) atoms. The van der Waals surface area contributed by atoms with Gasteiger partial charge in [0.1, 0.15) is 0 Å². The summed E-state index contributed by atoms with van der Waals surface area (Å²) in [6, 6.07) is 0.977. The molecule has 1 heterocycles. The molecule has 3 fully saturated rings. The van der Waals surface area contributed by atoms with E-state index in [1.807, 2.05) is 0 Å². The van der Waals surface area contributed by atoms with Crippen LogP contribution < -0.4 is 5.32 Å². The SMILES string of the molecule is C1CCC2C(C1)C1CNC21. The lowest BCUT2D eigenvalue weighted by Crippen LogP contribution is -2.71. The first kappa shape index (κ1) is 5.59. The van der Waals surface area contributed by atoms with E-state index in [1.54, 1.807) is 6.42 Å². The molecule has 4 atom stereocenters. The van der Waals surface area contributed by atoms with Crippen LogP contribution in [0.1, 0.15) is 25.7 Å². The van der Waals surface area contributed by atoms with E-state index in [4.69, 9.17) is 0 Å². The Kier molecular flexibility index (Phi) is 0.984. The number of hydrogen-bond donors (Lipinski definition) is 1. The monoisotopic (exact) mass is 137 g/mol. The number of fused-ring (bicyclic) bond motifs is 4. The van der Waals surface area contributed by atoms with Crippen LogP contribution in [-0.2, 0) is 0 Å². The maximum Gasteiger partial charge on any atom is 0.0141 e. The minimum Gasteiger partial charge on any atom is -0.313 e. The highest BCUT2D eigenvalue weighted by molar-refractivity contribution is 5.09. The van der Waals surface area contributed by atoms with Crippen LogP contribution in [0, 0.1) is 17.8 Å².